The van der Waals surface area contributed by atoms with Gasteiger partial charge in [-0.1, -0.05) is 42.5 Å². The van der Waals surface area contributed by atoms with E-state index < -0.39 is 6.04 Å². The minimum atomic E-state index is -0.498. The van der Waals surface area contributed by atoms with Crippen molar-refractivity contribution in [2.24, 2.45) is 0 Å². The number of hydrogen-bond acceptors (Lipinski definition) is 7. The molecule has 9 nitrogen and oxygen atoms in total. The maximum atomic E-state index is 14.5. The van der Waals surface area contributed by atoms with Gasteiger partial charge in [0.1, 0.15) is 17.6 Å². The first kappa shape index (κ1) is 24.7. The van der Waals surface area contributed by atoms with E-state index in [1.165, 1.54) is 6.07 Å². The molecular formula is C29H28FN7O2. The molecule has 0 bridgehead atoms. The number of anilines is 1. The third-order valence-corrected chi connectivity index (χ3v) is 7.23. The van der Waals surface area contributed by atoms with Crippen molar-refractivity contribution in [1.82, 2.24) is 30.1 Å². The number of pyridine rings is 1. The largest absolute Gasteiger partial charge is 0.497 e. The minimum Gasteiger partial charge on any atom is -0.497 e. The molecule has 10 heteroatoms. The van der Waals surface area contributed by atoms with E-state index >= 15 is 0 Å². The van der Waals surface area contributed by atoms with Crippen LogP contribution in [0.1, 0.15) is 23.0 Å². The number of halogens is 1. The zero-order valence-corrected chi connectivity index (χ0v) is 21.5. The molecule has 0 saturated carbocycles. The number of fused-ring (bicyclic) bond motifs is 1. The Bertz CT molecular complexity index is 1640. The van der Waals surface area contributed by atoms with Crippen molar-refractivity contribution in [3.05, 3.63) is 112 Å². The Morgan fingerprint density at radius 2 is 1.74 bits per heavy atom. The molecule has 39 heavy (non-hydrogen) atoms. The van der Waals surface area contributed by atoms with Crippen LogP contribution in [0.3, 0.4) is 0 Å². The first-order chi connectivity index (χ1) is 19.1. The average molecular weight is 526 g/mol. The first-order valence-corrected chi connectivity index (χ1v) is 12.8. The van der Waals surface area contributed by atoms with Crippen LogP contribution in [0.2, 0.25) is 0 Å². The molecule has 5 aromatic rings. The van der Waals surface area contributed by atoms with E-state index in [4.69, 9.17) is 4.74 Å². The van der Waals surface area contributed by atoms with E-state index in [2.05, 4.69) is 25.4 Å². The summed E-state index contributed by atoms with van der Waals surface area (Å²) in [5.41, 5.74) is 2.66. The predicted molar refractivity (Wildman–Crippen MR) is 147 cm³/mol. The van der Waals surface area contributed by atoms with E-state index in [9.17, 15) is 9.18 Å². The Labute approximate surface area is 224 Å². The molecule has 0 unspecified atom stereocenters. The Morgan fingerprint density at radius 1 is 0.974 bits per heavy atom. The van der Waals surface area contributed by atoms with Crippen LogP contribution < -0.4 is 15.2 Å². The van der Waals surface area contributed by atoms with E-state index in [1.807, 2.05) is 65.6 Å². The molecule has 2 aromatic heterocycles. The van der Waals surface area contributed by atoms with Crippen LogP contribution in [-0.4, -0.2) is 63.4 Å². The maximum absolute atomic E-state index is 14.5. The smallest absolute Gasteiger partial charge is 0.253 e. The van der Waals surface area contributed by atoms with Gasteiger partial charge in [0.05, 0.1) is 24.9 Å². The SMILES string of the molecule is COc1ccc2cc([C@@H](c3nnnn3Cc3ccccc3)N3CCN(c4ccccc4F)CC3)c(=O)[nH]c2c1. The molecule has 198 valence electrons. The molecule has 1 aliphatic rings. The van der Waals surface area contributed by atoms with E-state index in [0.29, 0.717) is 61.1 Å². The molecule has 1 aliphatic heterocycles. The Kier molecular flexibility index (Phi) is 6.76. The van der Waals surface area contributed by atoms with Crippen LogP contribution >= 0.6 is 0 Å². The summed E-state index contributed by atoms with van der Waals surface area (Å²) in [6.45, 7) is 2.85. The summed E-state index contributed by atoms with van der Waals surface area (Å²) in [5, 5.41) is 13.6. The quantitative estimate of drug-likeness (QED) is 0.347. The molecule has 0 aliphatic carbocycles. The fourth-order valence-electron chi connectivity index (χ4n) is 5.23. The summed E-state index contributed by atoms with van der Waals surface area (Å²) < 4.78 is 21.6. The number of ether oxygens (including phenoxy) is 1. The number of methoxy groups -OCH3 is 1. The van der Waals surface area contributed by atoms with Crippen molar-refractivity contribution >= 4 is 16.6 Å². The van der Waals surface area contributed by atoms with Crippen LogP contribution in [0.5, 0.6) is 5.75 Å². The van der Waals surface area contributed by atoms with Gasteiger partial charge < -0.3 is 14.6 Å². The second-order valence-electron chi connectivity index (χ2n) is 9.56. The lowest BCUT2D eigenvalue weighted by Crippen LogP contribution is -2.49. The zero-order chi connectivity index (χ0) is 26.8. The highest BCUT2D eigenvalue weighted by atomic mass is 19.1. The van der Waals surface area contributed by atoms with Crippen molar-refractivity contribution in [2.45, 2.75) is 12.6 Å². The summed E-state index contributed by atoms with van der Waals surface area (Å²) in [7, 11) is 1.59. The number of aromatic nitrogens is 5. The highest BCUT2D eigenvalue weighted by Gasteiger charge is 2.33. The summed E-state index contributed by atoms with van der Waals surface area (Å²) >= 11 is 0. The number of nitrogens with one attached hydrogen (secondary N) is 1. The predicted octanol–water partition coefficient (Wildman–Crippen LogP) is 3.62. The number of H-pyrrole nitrogens is 1. The zero-order valence-electron chi connectivity index (χ0n) is 21.5. The molecule has 1 atom stereocenters. The van der Waals surface area contributed by atoms with Gasteiger partial charge in [0.15, 0.2) is 5.82 Å². The standard InChI is InChI=1S/C29H28FN7O2/c1-39-22-12-11-21-17-23(29(38)31-25(21)18-22)27(28-32-33-34-37(28)19-20-7-3-2-4-8-20)36-15-13-35(14-16-36)26-10-6-5-9-24(26)30/h2-12,17-18,27H,13-16,19H2,1H3,(H,31,38)/t27-/m0/s1. The number of piperazine rings is 1. The van der Waals surface area contributed by atoms with Gasteiger partial charge in [0.2, 0.25) is 0 Å². The van der Waals surface area contributed by atoms with E-state index in [-0.39, 0.29) is 11.4 Å². The van der Waals surface area contributed by atoms with Gasteiger partial charge >= 0.3 is 0 Å². The average Bonchev–Trinajstić information content (AvgIpc) is 3.42. The summed E-state index contributed by atoms with van der Waals surface area (Å²) in [5.74, 6) is 1.01. The minimum absolute atomic E-state index is 0.216. The van der Waals surface area contributed by atoms with Crippen molar-refractivity contribution < 1.29 is 9.13 Å². The molecule has 0 radical (unpaired) electrons. The Morgan fingerprint density at radius 3 is 2.51 bits per heavy atom. The topological polar surface area (TPSA) is 92.2 Å². The van der Waals surface area contributed by atoms with E-state index in [1.54, 1.807) is 23.9 Å². The third kappa shape index (κ3) is 4.98. The first-order valence-electron chi connectivity index (χ1n) is 12.8. The van der Waals surface area contributed by atoms with Gasteiger partial charge in [-0.05, 0) is 51.7 Å². The van der Waals surface area contributed by atoms with Gasteiger partial charge in [-0.3, -0.25) is 9.69 Å². The molecule has 0 spiro atoms. The van der Waals surface area contributed by atoms with Crippen molar-refractivity contribution in [1.29, 1.82) is 0 Å². The number of aromatic amines is 1. The fourth-order valence-corrected chi connectivity index (χ4v) is 5.23. The monoisotopic (exact) mass is 525 g/mol. The second-order valence-corrected chi connectivity index (χ2v) is 9.56. The number of tetrazole rings is 1. The van der Waals surface area contributed by atoms with Crippen LogP contribution in [0.4, 0.5) is 10.1 Å². The van der Waals surface area contributed by atoms with Crippen molar-refractivity contribution in [2.75, 3.05) is 38.2 Å². The summed E-state index contributed by atoms with van der Waals surface area (Å²) in [6, 6.07) is 23.8. The lowest BCUT2D eigenvalue weighted by Gasteiger charge is -2.39. The Balaban J connectivity index is 1.39. The molecular weight excluding hydrogens is 497 g/mol. The molecule has 1 saturated heterocycles. The molecule has 3 heterocycles. The van der Waals surface area contributed by atoms with Gasteiger partial charge in [-0.15, -0.1) is 5.10 Å². The van der Waals surface area contributed by atoms with Gasteiger partial charge in [0, 0.05) is 37.8 Å². The number of nitrogens with zero attached hydrogens (tertiary/aromatic N) is 6. The second kappa shape index (κ2) is 10.7. The highest BCUT2D eigenvalue weighted by Crippen LogP contribution is 2.30. The van der Waals surface area contributed by atoms with Crippen molar-refractivity contribution in [3.8, 4) is 5.75 Å². The summed E-state index contributed by atoms with van der Waals surface area (Å²) in [4.78, 5) is 20.8. The van der Waals surface area contributed by atoms with Crippen LogP contribution in [0.25, 0.3) is 10.9 Å². The number of para-hydroxylation sites is 1. The van der Waals surface area contributed by atoms with Gasteiger partial charge in [0.25, 0.3) is 5.56 Å². The Hall–Kier alpha value is -4.57. The molecule has 6 rings (SSSR count). The number of rotatable bonds is 7. The third-order valence-electron chi connectivity index (χ3n) is 7.23. The molecule has 0 amide bonds. The van der Waals surface area contributed by atoms with Gasteiger partial charge in [-0.2, -0.15) is 0 Å². The van der Waals surface area contributed by atoms with Crippen LogP contribution in [0.15, 0.2) is 83.7 Å². The van der Waals surface area contributed by atoms with Crippen LogP contribution in [0, 0.1) is 5.82 Å². The van der Waals surface area contributed by atoms with Crippen LogP contribution in [-0.2, 0) is 6.54 Å². The maximum Gasteiger partial charge on any atom is 0.253 e. The lowest BCUT2D eigenvalue weighted by molar-refractivity contribution is 0.200. The highest BCUT2D eigenvalue weighted by molar-refractivity contribution is 5.80. The van der Waals surface area contributed by atoms with E-state index in [0.717, 1.165) is 10.9 Å². The molecule has 3 aromatic carbocycles. The molecule has 1 fully saturated rings. The van der Waals surface area contributed by atoms with Crippen molar-refractivity contribution in [3.63, 3.8) is 0 Å². The summed E-state index contributed by atoms with van der Waals surface area (Å²) in [6.07, 6.45) is 0. The number of hydrogen-bond donors (Lipinski definition) is 1. The van der Waals surface area contributed by atoms with Gasteiger partial charge in [-0.25, -0.2) is 9.07 Å². The molecule has 1 N–H and O–H groups in total. The normalized spacial score (nSPS) is 15.0. The number of benzene rings is 3. The lowest BCUT2D eigenvalue weighted by atomic mass is 10.0. The fraction of sp³-hybridized carbons (Fsp3) is 0.241.